The molecule has 1 spiro atoms. The number of amides is 1. The lowest BCUT2D eigenvalue weighted by Gasteiger charge is -2.41. The molecule has 2 rings (SSSR count). The van der Waals surface area contributed by atoms with Crippen LogP contribution in [0, 0.1) is 5.92 Å². The first-order chi connectivity index (χ1) is 8.65. The molecule has 1 aliphatic heterocycles. The molecule has 1 heterocycles. The third-order valence-electron chi connectivity index (χ3n) is 4.03. The van der Waals surface area contributed by atoms with E-state index in [0.29, 0.717) is 19.1 Å². The quantitative estimate of drug-likeness (QED) is 0.811. The molecule has 2 aliphatic rings. The van der Waals surface area contributed by atoms with Crippen molar-refractivity contribution in [1.82, 2.24) is 5.32 Å². The molecule has 0 unspecified atom stereocenters. The Bertz CT molecular complexity index is 289. The highest BCUT2D eigenvalue weighted by atomic mass is 16.7. The highest BCUT2D eigenvalue weighted by Gasteiger charge is 2.45. The van der Waals surface area contributed by atoms with Crippen molar-refractivity contribution in [3.63, 3.8) is 0 Å². The van der Waals surface area contributed by atoms with Crippen LogP contribution in [-0.2, 0) is 9.47 Å². The molecule has 1 saturated carbocycles. The lowest BCUT2D eigenvalue weighted by Crippen LogP contribution is -2.49. The molecule has 0 aromatic rings. The van der Waals surface area contributed by atoms with Crippen LogP contribution in [0.3, 0.4) is 0 Å². The Hall–Kier alpha value is -0.810. The number of carboxylic acid groups (broad SMARTS) is 1. The van der Waals surface area contributed by atoms with Gasteiger partial charge in [-0.15, -0.1) is 0 Å². The average molecular weight is 257 g/mol. The summed E-state index contributed by atoms with van der Waals surface area (Å²) in [5.41, 5.74) is 0. The van der Waals surface area contributed by atoms with Crippen molar-refractivity contribution in [2.45, 2.75) is 57.3 Å². The van der Waals surface area contributed by atoms with Crippen molar-refractivity contribution in [1.29, 1.82) is 0 Å². The maximum absolute atomic E-state index is 10.8. The van der Waals surface area contributed by atoms with Crippen molar-refractivity contribution in [2.75, 3.05) is 13.2 Å². The molecule has 0 bridgehead atoms. The number of hydrogen-bond acceptors (Lipinski definition) is 3. The van der Waals surface area contributed by atoms with E-state index in [4.69, 9.17) is 14.6 Å². The van der Waals surface area contributed by atoms with Gasteiger partial charge in [-0.25, -0.2) is 4.79 Å². The van der Waals surface area contributed by atoms with Gasteiger partial charge in [-0.1, -0.05) is 19.8 Å². The fourth-order valence-electron chi connectivity index (χ4n) is 3.13. The molecule has 1 aliphatic carbocycles. The standard InChI is InChI=1S/C13H23NO4/c1-2-3-4-10-9-13(17-7-8-18-13)6-5-11(10)14-12(15)16/h10-11,14H,2-9H2,1H3,(H,15,16)/t10-,11+/m1/s1. The molecular formula is C13H23NO4. The molecule has 5 nitrogen and oxygen atoms in total. The zero-order valence-corrected chi connectivity index (χ0v) is 11.0. The van der Waals surface area contributed by atoms with Crippen molar-refractivity contribution in [2.24, 2.45) is 5.92 Å². The zero-order chi connectivity index (χ0) is 13.0. The van der Waals surface area contributed by atoms with E-state index in [9.17, 15) is 4.79 Å². The van der Waals surface area contributed by atoms with E-state index in [1.165, 1.54) is 0 Å². The van der Waals surface area contributed by atoms with Crippen LogP contribution in [0.25, 0.3) is 0 Å². The Kier molecular flexibility index (Phi) is 4.45. The molecule has 0 aromatic heterocycles. The third-order valence-corrected chi connectivity index (χ3v) is 4.03. The van der Waals surface area contributed by atoms with Gasteiger partial charge in [-0.05, 0) is 18.8 Å². The van der Waals surface area contributed by atoms with Crippen LogP contribution in [0.4, 0.5) is 4.79 Å². The minimum absolute atomic E-state index is 0.0486. The summed E-state index contributed by atoms with van der Waals surface area (Å²) in [6.45, 7) is 3.48. The SMILES string of the molecule is CCCC[C@@H]1CC2(CC[C@@H]1NC(=O)O)OCCO2. The van der Waals surface area contributed by atoms with Gasteiger partial charge in [0, 0.05) is 18.9 Å². The van der Waals surface area contributed by atoms with E-state index in [1.54, 1.807) is 0 Å². The van der Waals surface area contributed by atoms with Crippen molar-refractivity contribution >= 4 is 6.09 Å². The molecule has 18 heavy (non-hydrogen) atoms. The van der Waals surface area contributed by atoms with Gasteiger partial charge in [0.25, 0.3) is 0 Å². The molecule has 1 saturated heterocycles. The van der Waals surface area contributed by atoms with Crippen molar-refractivity contribution in [3.8, 4) is 0 Å². The van der Waals surface area contributed by atoms with E-state index in [-0.39, 0.29) is 6.04 Å². The molecule has 1 amide bonds. The highest BCUT2D eigenvalue weighted by molar-refractivity contribution is 5.64. The largest absolute Gasteiger partial charge is 0.465 e. The minimum atomic E-state index is -0.925. The number of hydrogen-bond donors (Lipinski definition) is 2. The van der Waals surface area contributed by atoms with Crippen molar-refractivity contribution < 1.29 is 19.4 Å². The van der Waals surface area contributed by atoms with Gasteiger partial charge < -0.3 is 19.9 Å². The Balaban J connectivity index is 1.97. The Morgan fingerprint density at radius 1 is 1.44 bits per heavy atom. The van der Waals surface area contributed by atoms with Gasteiger partial charge in [0.1, 0.15) is 0 Å². The summed E-state index contributed by atoms with van der Waals surface area (Å²) in [4.78, 5) is 10.8. The number of rotatable bonds is 4. The molecule has 0 aromatic carbocycles. The predicted octanol–water partition coefficient (Wildman–Crippen LogP) is 2.36. The van der Waals surface area contributed by atoms with E-state index < -0.39 is 11.9 Å². The summed E-state index contributed by atoms with van der Waals surface area (Å²) >= 11 is 0. The summed E-state index contributed by atoms with van der Waals surface area (Å²) in [7, 11) is 0. The number of unbranched alkanes of at least 4 members (excludes halogenated alkanes) is 1. The lowest BCUT2D eigenvalue weighted by atomic mass is 9.78. The summed E-state index contributed by atoms with van der Waals surface area (Å²) in [6.07, 6.45) is 4.78. The Labute approximate surface area is 108 Å². The number of nitrogens with one attached hydrogen (secondary N) is 1. The molecule has 2 N–H and O–H groups in total. The molecule has 0 radical (unpaired) electrons. The molecule has 2 atom stereocenters. The second-order valence-corrected chi connectivity index (χ2v) is 5.31. The van der Waals surface area contributed by atoms with Gasteiger partial charge in [0.15, 0.2) is 5.79 Å². The summed E-state index contributed by atoms with van der Waals surface area (Å²) in [5.74, 6) is -0.0948. The second kappa shape index (κ2) is 5.89. The molecule has 5 heteroatoms. The first kappa shape index (κ1) is 13.6. The zero-order valence-electron chi connectivity index (χ0n) is 11.0. The fraction of sp³-hybridized carbons (Fsp3) is 0.923. The summed E-state index contributed by atoms with van der Waals surface area (Å²) in [5, 5.41) is 11.5. The van der Waals surface area contributed by atoms with Crippen LogP contribution in [0.2, 0.25) is 0 Å². The van der Waals surface area contributed by atoms with E-state index in [1.807, 2.05) is 0 Å². The van der Waals surface area contributed by atoms with Gasteiger partial charge in [0.05, 0.1) is 13.2 Å². The van der Waals surface area contributed by atoms with Crippen LogP contribution in [0.15, 0.2) is 0 Å². The lowest BCUT2D eigenvalue weighted by molar-refractivity contribution is -0.191. The topological polar surface area (TPSA) is 67.8 Å². The second-order valence-electron chi connectivity index (χ2n) is 5.31. The van der Waals surface area contributed by atoms with E-state index in [2.05, 4.69) is 12.2 Å². The Morgan fingerprint density at radius 2 is 2.17 bits per heavy atom. The van der Waals surface area contributed by atoms with Gasteiger partial charge in [-0.3, -0.25) is 0 Å². The van der Waals surface area contributed by atoms with Gasteiger partial charge >= 0.3 is 6.09 Å². The fourth-order valence-corrected chi connectivity index (χ4v) is 3.13. The van der Waals surface area contributed by atoms with Crippen LogP contribution in [-0.4, -0.2) is 36.2 Å². The normalized spacial score (nSPS) is 30.5. The van der Waals surface area contributed by atoms with Gasteiger partial charge in [0.2, 0.25) is 0 Å². The number of carbonyl (C=O) groups is 1. The van der Waals surface area contributed by atoms with Crippen molar-refractivity contribution in [3.05, 3.63) is 0 Å². The van der Waals surface area contributed by atoms with Crippen LogP contribution in [0.1, 0.15) is 45.4 Å². The Morgan fingerprint density at radius 3 is 2.78 bits per heavy atom. The monoisotopic (exact) mass is 257 g/mol. The predicted molar refractivity (Wildman–Crippen MR) is 66.4 cm³/mol. The minimum Gasteiger partial charge on any atom is -0.465 e. The molecule has 2 fully saturated rings. The number of ether oxygens (including phenoxy) is 2. The van der Waals surface area contributed by atoms with E-state index >= 15 is 0 Å². The molecule has 104 valence electrons. The molecular weight excluding hydrogens is 234 g/mol. The smallest absolute Gasteiger partial charge is 0.404 e. The highest BCUT2D eigenvalue weighted by Crippen LogP contribution is 2.40. The maximum atomic E-state index is 10.8. The maximum Gasteiger partial charge on any atom is 0.404 e. The first-order valence-corrected chi connectivity index (χ1v) is 6.92. The van der Waals surface area contributed by atoms with Crippen LogP contribution in [0.5, 0.6) is 0 Å². The van der Waals surface area contributed by atoms with Crippen LogP contribution >= 0.6 is 0 Å². The first-order valence-electron chi connectivity index (χ1n) is 6.92. The van der Waals surface area contributed by atoms with E-state index in [0.717, 1.165) is 38.5 Å². The van der Waals surface area contributed by atoms with Crippen LogP contribution < -0.4 is 5.32 Å². The summed E-state index contributed by atoms with van der Waals surface area (Å²) in [6, 6.07) is 0.0486. The van der Waals surface area contributed by atoms with Gasteiger partial charge in [-0.2, -0.15) is 0 Å². The summed E-state index contributed by atoms with van der Waals surface area (Å²) < 4.78 is 11.5. The third kappa shape index (κ3) is 3.14. The average Bonchev–Trinajstić information content (AvgIpc) is 2.78.